The maximum absolute atomic E-state index is 12.7. The molecular formula is C24H23Cl3N2O5. The molecular weight excluding hydrogens is 503 g/mol. The molecule has 1 N–H and O–H groups in total. The molecule has 0 spiro atoms. The number of hydrogen-bond acceptors (Lipinski definition) is 6. The molecule has 0 bridgehead atoms. The van der Waals surface area contributed by atoms with Gasteiger partial charge in [-0.3, -0.25) is 9.69 Å². The number of halogens is 3. The van der Waals surface area contributed by atoms with Gasteiger partial charge in [-0.15, -0.1) is 0 Å². The lowest BCUT2D eigenvalue weighted by Crippen LogP contribution is -2.39. The Kier molecular flexibility index (Phi) is 5.97. The molecule has 2 heterocycles. The summed E-state index contributed by atoms with van der Waals surface area (Å²) in [5.74, 6) is -0.164. The number of carbonyl (C=O) groups is 2. The fourth-order valence-corrected chi connectivity index (χ4v) is 5.64. The molecule has 3 aliphatic rings. The lowest BCUT2D eigenvalue weighted by Gasteiger charge is -2.30. The Morgan fingerprint density at radius 2 is 1.88 bits per heavy atom. The summed E-state index contributed by atoms with van der Waals surface area (Å²) in [6.45, 7) is 4.33. The fourth-order valence-electron chi connectivity index (χ4n) is 4.89. The molecule has 2 aromatic rings. The van der Waals surface area contributed by atoms with Crippen LogP contribution in [0.15, 0.2) is 30.3 Å². The lowest BCUT2D eigenvalue weighted by atomic mass is 10.1. The number of imide groups is 1. The van der Waals surface area contributed by atoms with E-state index in [1.807, 2.05) is 6.07 Å². The van der Waals surface area contributed by atoms with Crippen LogP contribution in [0.5, 0.6) is 5.75 Å². The molecule has 5 rings (SSSR count). The van der Waals surface area contributed by atoms with Gasteiger partial charge < -0.3 is 14.6 Å². The van der Waals surface area contributed by atoms with Gasteiger partial charge in [-0.05, 0) is 56.5 Å². The first-order valence-corrected chi connectivity index (χ1v) is 12.1. The highest BCUT2D eigenvalue weighted by Gasteiger charge is 2.48. The summed E-state index contributed by atoms with van der Waals surface area (Å²) in [6.07, 6.45) is -0.311. The predicted octanol–water partition coefficient (Wildman–Crippen LogP) is 5.02. The number of nitrogens with zero attached hydrogens (tertiary/aromatic N) is 2. The predicted molar refractivity (Wildman–Crippen MR) is 129 cm³/mol. The van der Waals surface area contributed by atoms with Crippen LogP contribution in [0.4, 0.5) is 10.5 Å². The topological polar surface area (TPSA) is 79.3 Å². The van der Waals surface area contributed by atoms with Crippen LogP contribution in [-0.4, -0.2) is 52.8 Å². The number of fused-ring (bicyclic) bond motifs is 1. The van der Waals surface area contributed by atoms with E-state index in [4.69, 9.17) is 44.3 Å². The minimum absolute atomic E-state index is 0.0971. The van der Waals surface area contributed by atoms with E-state index in [1.54, 1.807) is 38.1 Å². The van der Waals surface area contributed by atoms with Gasteiger partial charge in [0.25, 0.3) is 5.91 Å². The third-order valence-corrected chi connectivity index (χ3v) is 7.47. The number of aliphatic hydroxyl groups excluding tert-OH is 1. The summed E-state index contributed by atoms with van der Waals surface area (Å²) in [4.78, 5) is 28.3. The van der Waals surface area contributed by atoms with Gasteiger partial charge in [0.2, 0.25) is 0 Å². The summed E-state index contributed by atoms with van der Waals surface area (Å²) in [5.41, 5.74) is 0.838. The first kappa shape index (κ1) is 23.7. The van der Waals surface area contributed by atoms with Crippen molar-refractivity contribution >= 4 is 52.5 Å². The summed E-state index contributed by atoms with van der Waals surface area (Å²) in [5, 5.41) is 11.5. The number of cyclic esters (lactones) is 1. The second-order valence-electron chi connectivity index (χ2n) is 9.34. The summed E-state index contributed by atoms with van der Waals surface area (Å²) < 4.78 is 11.7. The zero-order valence-electron chi connectivity index (χ0n) is 18.6. The number of amides is 2. The zero-order chi connectivity index (χ0) is 24.4. The summed E-state index contributed by atoms with van der Waals surface area (Å²) in [6, 6.07) is 8.15. The molecule has 0 aromatic heterocycles. The molecule has 2 aromatic carbocycles. The van der Waals surface area contributed by atoms with Crippen molar-refractivity contribution in [1.82, 2.24) is 4.90 Å². The number of rotatable bonds is 4. The molecule has 3 atom stereocenters. The van der Waals surface area contributed by atoms with Crippen molar-refractivity contribution in [2.75, 3.05) is 18.0 Å². The van der Waals surface area contributed by atoms with Crippen molar-refractivity contribution in [1.29, 1.82) is 0 Å². The molecule has 0 saturated carbocycles. The molecule has 34 heavy (non-hydrogen) atoms. The molecule has 2 amide bonds. The molecule has 2 saturated heterocycles. The average molecular weight is 526 g/mol. The normalized spacial score (nSPS) is 26.2. The molecule has 2 aliphatic heterocycles. The van der Waals surface area contributed by atoms with Crippen LogP contribution in [0.2, 0.25) is 15.1 Å². The van der Waals surface area contributed by atoms with E-state index in [0.717, 1.165) is 22.6 Å². The Bertz CT molecular complexity index is 1190. The van der Waals surface area contributed by atoms with E-state index in [9.17, 15) is 14.7 Å². The van der Waals surface area contributed by atoms with E-state index < -0.39 is 29.8 Å². The molecule has 2 fully saturated rings. The molecule has 0 unspecified atom stereocenters. The van der Waals surface area contributed by atoms with Crippen LogP contribution in [0.3, 0.4) is 0 Å². The van der Waals surface area contributed by atoms with Gasteiger partial charge in [-0.2, -0.15) is 0 Å². The van der Waals surface area contributed by atoms with Gasteiger partial charge in [0.05, 0.1) is 22.9 Å². The van der Waals surface area contributed by atoms with Gasteiger partial charge in [-0.25, -0.2) is 9.69 Å². The van der Waals surface area contributed by atoms with Gasteiger partial charge in [0.15, 0.2) is 5.60 Å². The first-order valence-electron chi connectivity index (χ1n) is 11.0. The molecule has 1 aliphatic carbocycles. The summed E-state index contributed by atoms with van der Waals surface area (Å²) >= 11 is 19.3. The zero-order valence-corrected chi connectivity index (χ0v) is 20.8. The van der Waals surface area contributed by atoms with Gasteiger partial charge in [0, 0.05) is 34.8 Å². The van der Waals surface area contributed by atoms with Crippen molar-refractivity contribution in [2.45, 2.75) is 50.5 Å². The van der Waals surface area contributed by atoms with E-state index in [2.05, 4.69) is 4.90 Å². The number of benzene rings is 2. The number of aliphatic hydroxyl groups is 1. The number of ether oxygens (including phenoxy) is 2. The van der Waals surface area contributed by atoms with E-state index in [0.29, 0.717) is 45.9 Å². The Balaban J connectivity index is 1.52. The lowest BCUT2D eigenvalue weighted by molar-refractivity contribution is -0.127. The molecule has 0 radical (unpaired) electrons. The third kappa shape index (κ3) is 4.03. The van der Waals surface area contributed by atoms with Gasteiger partial charge >= 0.3 is 6.09 Å². The minimum Gasteiger partial charge on any atom is -0.482 e. The quantitative estimate of drug-likeness (QED) is 0.604. The SMILES string of the molecule is CC1(C)OC(=O)N(c2ccc(Cl)c(O[C@H]3c4cc(Cl)cc(Cl)c4C[C@H]3N3CC[C@@H](O)C3)c2)C1=O. The highest BCUT2D eigenvalue weighted by molar-refractivity contribution is 6.35. The Morgan fingerprint density at radius 1 is 1.12 bits per heavy atom. The van der Waals surface area contributed by atoms with Crippen LogP contribution in [0.1, 0.15) is 37.5 Å². The first-order chi connectivity index (χ1) is 16.0. The van der Waals surface area contributed by atoms with Crippen molar-refractivity contribution in [2.24, 2.45) is 0 Å². The van der Waals surface area contributed by atoms with E-state index in [-0.39, 0.29) is 6.04 Å². The molecule has 180 valence electrons. The largest absolute Gasteiger partial charge is 0.482 e. The summed E-state index contributed by atoms with van der Waals surface area (Å²) in [7, 11) is 0. The van der Waals surface area contributed by atoms with Crippen LogP contribution >= 0.6 is 34.8 Å². The average Bonchev–Trinajstić information content (AvgIpc) is 3.39. The number of anilines is 1. The van der Waals surface area contributed by atoms with E-state index >= 15 is 0 Å². The standard InChI is InChI=1S/C24H23Cl3N2O5/c1-24(2)22(31)29(23(32)34-24)13-3-4-17(26)20(9-13)33-21-16-7-12(25)8-18(27)15(16)10-19(21)28-6-5-14(30)11-28/h3-4,7-9,14,19,21,30H,5-6,10-11H2,1-2H3/t14-,19-,21+/m1/s1. The molecule has 7 nitrogen and oxygen atoms in total. The minimum atomic E-state index is -1.25. The Hall–Kier alpha value is -2.03. The number of β-amino-alcohol motifs (C(OH)–C–C–N with tert-alkyl or cyclic N) is 1. The monoisotopic (exact) mass is 524 g/mol. The van der Waals surface area contributed by atoms with E-state index in [1.165, 1.54) is 0 Å². The number of carbonyl (C=O) groups excluding carboxylic acids is 2. The van der Waals surface area contributed by atoms with Crippen molar-refractivity contribution in [3.05, 3.63) is 56.5 Å². The van der Waals surface area contributed by atoms with Crippen LogP contribution in [0.25, 0.3) is 0 Å². The smallest absolute Gasteiger partial charge is 0.422 e. The van der Waals surface area contributed by atoms with Crippen molar-refractivity contribution < 1.29 is 24.2 Å². The fraction of sp³-hybridized carbons (Fsp3) is 0.417. The molecule has 10 heteroatoms. The number of hydrogen-bond donors (Lipinski definition) is 1. The number of likely N-dealkylation sites (tertiary alicyclic amines) is 1. The van der Waals surface area contributed by atoms with Crippen LogP contribution in [-0.2, 0) is 16.0 Å². The van der Waals surface area contributed by atoms with Gasteiger partial charge in [-0.1, -0.05) is 34.8 Å². The highest BCUT2D eigenvalue weighted by atomic mass is 35.5. The van der Waals surface area contributed by atoms with Crippen LogP contribution in [0, 0.1) is 0 Å². The van der Waals surface area contributed by atoms with Crippen molar-refractivity contribution in [3.8, 4) is 5.75 Å². The Morgan fingerprint density at radius 3 is 2.53 bits per heavy atom. The van der Waals surface area contributed by atoms with Crippen LogP contribution < -0.4 is 9.64 Å². The second-order valence-corrected chi connectivity index (χ2v) is 10.6. The maximum Gasteiger partial charge on any atom is 0.422 e. The van der Waals surface area contributed by atoms with Crippen molar-refractivity contribution in [3.63, 3.8) is 0 Å². The highest BCUT2D eigenvalue weighted by Crippen LogP contribution is 2.45. The Labute approximate surface area is 212 Å². The third-order valence-electron chi connectivity index (χ3n) is 6.60. The second kappa shape index (κ2) is 8.57. The maximum atomic E-state index is 12.7. The van der Waals surface area contributed by atoms with Gasteiger partial charge in [0.1, 0.15) is 11.9 Å².